The zero-order chi connectivity index (χ0) is 21.7. The largest absolute Gasteiger partial charge is 0.497 e. The number of hydrogen-bond donors (Lipinski definition) is 0. The first-order valence-electron chi connectivity index (χ1n) is 9.58. The average Bonchev–Trinajstić information content (AvgIpc) is 2.75. The first-order valence-corrected chi connectivity index (χ1v) is 11.4. The topological polar surface area (TPSA) is 65.1 Å². The van der Waals surface area contributed by atoms with Crippen LogP contribution in [0.4, 0.5) is 4.39 Å². The standard InChI is InChI=1S/C21H25ClFNO5S/c1-27-17-9-16(10-18(11-17)28-2)14-29-13-15-5-7-24(8-6-15)30(25,26)19-3-4-21(23)20(22)12-19/h3-4,9-12,15H,5-8,13-14H2,1-2H3. The second kappa shape index (κ2) is 9.96. The minimum atomic E-state index is -3.69. The molecule has 0 saturated carbocycles. The van der Waals surface area contributed by atoms with Gasteiger partial charge in [-0.3, -0.25) is 0 Å². The first kappa shape index (κ1) is 22.8. The number of ether oxygens (including phenoxy) is 3. The number of methoxy groups -OCH3 is 2. The van der Waals surface area contributed by atoms with Crippen LogP contribution in [0.3, 0.4) is 0 Å². The molecule has 3 rings (SSSR count). The van der Waals surface area contributed by atoms with Crippen LogP contribution < -0.4 is 9.47 Å². The van der Waals surface area contributed by atoms with Gasteiger partial charge in [0, 0.05) is 25.8 Å². The van der Waals surface area contributed by atoms with Gasteiger partial charge in [0.05, 0.1) is 30.7 Å². The molecule has 1 fully saturated rings. The third-order valence-electron chi connectivity index (χ3n) is 5.14. The Balaban J connectivity index is 1.52. The van der Waals surface area contributed by atoms with Gasteiger partial charge in [0.15, 0.2) is 0 Å². The summed E-state index contributed by atoms with van der Waals surface area (Å²) in [5.74, 6) is 1.03. The maximum absolute atomic E-state index is 13.3. The second-order valence-corrected chi connectivity index (χ2v) is 9.50. The molecule has 1 aliphatic rings. The van der Waals surface area contributed by atoms with Gasteiger partial charge in [-0.15, -0.1) is 0 Å². The Hall–Kier alpha value is -1.87. The fraction of sp³-hybridized carbons (Fsp3) is 0.429. The predicted molar refractivity (Wildman–Crippen MR) is 112 cm³/mol. The summed E-state index contributed by atoms with van der Waals surface area (Å²) in [4.78, 5) is 0.00979. The van der Waals surface area contributed by atoms with Crippen molar-refractivity contribution in [3.63, 3.8) is 0 Å². The number of benzene rings is 2. The van der Waals surface area contributed by atoms with Crippen LogP contribution in [0.2, 0.25) is 5.02 Å². The van der Waals surface area contributed by atoms with Crippen LogP contribution in [-0.2, 0) is 21.4 Å². The summed E-state index contributed by atoms with van der Waals surface area (Å²) in [6, 6.07) is 9.06. The lowest BCUT2D eigenvalue weighted by Crippen LogP contribution is -2.39. The summed E-state index contributed by atoms with van der Waals surface area (Å²) in [6.07, 6.45) is 1.38. The lowest BCUT2D eigenvalue weighted by Gasteiger charge is -2.31. The van der Waals surface area contributed by atoms with Crippen LogP contribution >= 0.6 is 11.6 Å². The van der Waals surface area contributed by atoms with E-state index in [1.54, 1.807) is 20.3 Å². The van der Waals surface area contributed by atoms with E-state index in [-0.39, 0.29) is 15.8 Å². The summed E-state index contributed by atoms with van der Waals surface area (Å²) in [7, 11) is -0.493. The third-order valence-corrected chi connectivity index (χ3v) is 7.32. The fourth-order valence-corrected chi connectivity index (χ4v) is 5.14. The Morgan fingerprint density at radius 3 is 2.27 bits per heavy atom. The van der Waals surface area contributed by atoms with Gasteiger partial charge in [-0.1, -0.05) is 11.6 Å². The molecule has 0 unspecified atom stereocenters. The molecular weight excluding hydrogens is 433 g/mol. The van der Waals surface area contributed by atoms with Gasteiger partial charge in [0.1, 0.15) is 17.3 Å². The molecule has 1 saturated heterocycles. The van der Waals surface area contributed by atoms with E-state index in [0.29, 0.717) is 50.6 Å². The highest BCUT2D eigenvalue weighted by Crippen LogP contribution is 2.27. The number of nitrogens with zero attached hydrogens (tertiary/aromatic N) is 1. The van der Waals surface area contributed by atoms with Crippen LogP contribution in [0, 0.1) is 11.7 Å². The Kier molecular flexibility index (Phi) is 7.57. The lowest BCUT2D eigenvalue weighted by molar-refractivity contribution is 0.0686. The number of rotatable bonds is 8. The molecule has 9 heteroatoms. The Bertz CT molecular complexity index is 955. The van der Waals surface area contributed by atoms with E-state index in [1.165, 1.54) is 10.4 Å². The molecule has 6 nitrogen and oxygen atoms in total. The van der Waals surface area contributed by atoms with Crippen LogP contribution in [0.5, 0.6) is 11.5 Å². The summed E-state index contributed by atoms with van der Waals surface area (Å²) in [5.41, 5.74) is 0.944. The molecule has 0 N–H and O–H groups in total. The van der Waals surface area contributed by atoms with Crippen molar-refractivity contribution >= 4 is 21.6 Å². The average molecular weight is 458 g/mol. The molecule has 0 radical (unpaired) electrons. The van der Waals surface area contributed by atoms with Crippen LogP contribution in [0.1, 0.15) is 18.4 Å². The summed E-state index contributed by atoms with van der Waals surface area (Å²) in [5, 5.41) is -0.200. The summed E-state index contributed by atoms with van der Waals surface area (Å²) < 4.78 is 56.7. The van der Waals surface area contributed by atoms with Crippen LogP contribution in [0.15, 0.2) is 41.3 Å². The van der Waals surface area contributed by atoms with Gasteiger partial charge in [-0.2, -0.15) is 4.31 Å². The molecule has 2 aromatic rings. The molecule has 0 aliphatic carbocycles. The van der Waals surface area contributed by atoms with Gasteiger partial charge in [-0.25, -0.2) is 12.8 Å². The highest BCUT2D eigenvalue weighted by molar-refractivity contribution is 7.89. The van der Waals surface area contributed by atoms with Gasteiger partial charge >= 0.3 is 0 Å². The van der Waals surface area contributed by atoms with E-state index in [0.717, 1.165) is 17.7 Å². The van der Waals surface area contributed by atoms with Crippen LogP contribution in [0.25, 0.3) is 0 Å². The highest BCUT2D eigenvalue weighted by atomic mass is 35.5. The molecule has 0 bridgehead atoms. The molecule has 0 aromatic heterocycles. The first-order chi connectivity index (χ1) is 14.3. The Morgan fingerprint density at radius 1 is 1.07 bits per heavy atom. The molecular formula is C21H25ClFNO5S. The van der Waals surface area contributed by atoms with Gasteiger partial charge in [-0.05, 0) is 54.7 Å². The minimum Gasteiger partial charge on any atom is -0.497 e. The number of halogens is 2. The number of hydrogen-bond acceptors (Lipinski definition) is 5. The van der Waals surface area contributed by atoms with E-state index in [2.05, 4.69) is 0 Å². The van der Waals surface area contributed by atoms with E-state index in [9.17, 15) is 12.8 Å². The molecule has 2 aromatic carbocycles. The molecule has 0 amide bonds. The molecule has 0 spiro atoms. The summed E-state index contributed by atoms with van der Waals surface area (Å²) in [6.45, 7) is 1.73. The monoisotopic (exact) mass is 457 g/mol. The summed E-state index contributed by atoms with van der Waals surface area (Å²) >= 11 is 5.74. The Morgan fingerprint density at radius 2 is 1.70 bits per heavy atom. The third kappa shape index (κ3) is 5.43. The molecule has 164 valence electrons. The maximum Gasteiger partial charge on any atom is 0.243 e. The van der Waals surface area contributed by atoms with Crippen molar-refractivity contribution < 1.29 is 27.0 Å². The number of sulfonamides is 1. The van der Waals surface area contributed by atoms with Crippen molar-refractivity contribution in [1.29, 1.82) is 0 Å². The van der Waals surface area contributed by atoms with Crippen molar-refractivity contribution in [1.82, 2.24) is 4.31 Å². The normalized spacial score (nSPS) is 15.9. The van der Waals surface area contributed by atoms with Crippen molar-refractivity contribution in [2.24, 2.45) is 5.92 Å². The molecule has 1 heterocycles. The lowest BCUT2D eigenvalue weighted by atomic mass is 9.99. The maximum atomic E-state index is 13.3. The molecule has 30 heavy (non-hydrogen) atoms. The van der Waals surface area contributed by atoms with Crippen molar-refractivity contribution in [2.45, 2.75) is 24.3 Å². The van der Waals surface area contributed by atoms with Crippen molar-refractivity contribution in [2.75, 3.05) is 33.9 Å². The zero-order valence-electron chi connectivity index (χ0n) is 16.9. The van der Waals surface area contributed by atoms with E-state index < -0.39 is 15.8 Å². The second-order valence-electron chi connectivity index (χ2n) is 7.16. The van der Waals surface area contributed by atoms with Gasteiger partial charge in [0.25, 0.3) is 0 Å². The van der Waals surface area contributed by atoms with E-state index >= 15 is 0 Å². The predicted octanol–water partition coefficient (Wildman–Crippen LogP) is 4.11. The smallest absolute Gasteiger partial charge is 0.243 e. The van der Waals surface area contributed by atoms with Gasteiger partial charge in [0.2, 0.25) is 10.0 Å². The zero-order valence-corrected chi connectivity index (χ0v) is 18.5. The molecule has 0 atom stereocenters. The van der Waals surface area contributed by atoms with Crippen molar-refractivity contribution in [3.8, 4) is 11.5 Å². The van der Waals surface area contributed by atoms with E-state index in [1.807, 2.05) is 12.1 Å². The SMILES string of the molecule is COc1cc(COCC2CCN(S(=O)(=O)c3ccc(F)c(Cl)c3)CC2)cc(OC)c1. The highest BCUT2D eigenvalue weighted by Gasteiger charge is 2.30. The van der Waals surface area contributed by atoms with E-state index in [4.69, 9.17) is 25.8 Å². The quantitative estimate of drug-likeness (QED) is 0.596. The van der Waals surface area contributed by atoms with Gasteiger partial charge < -0.3 is 14.2 Å². The Labute approximate surface area is 181 Å². The van der Waals surface area contributed by atoms with Crippen LogP contribution in [-0.4, -0.2) is 46.6 Å². The molecule has 1 aliphatic heterocycles. The van der Waals surface area contributed by atoms with Crippen molar-refractivity contribution in [3.05, 3.63) is 52.8 Å². The minimum absolute atomic E-state index is 0.00979. The fourth-order valence-electron chi connectivity index (χ4n) is 3.40. The number of piperidine rings is 1.